The highest BCUT2D eigenvalue weighted by Crippen LogP contribution is 2.28. The molecular weight excluding hydrogens is 452 g/mol. The van der Waals surface area contributed by atoms with Gasteiger partial charge in [-0.15, -0.1) is 16.9 Å². The van der Waals surface area contributed by atoms with Gasteiger partial charge in [0, 0.05) is 11.4 Å². The fourth-order valence-corrected chi connectivity index (χ4v) is 5.80. The van der Waals surface area contributed by atoms with Crippen molar-refractivity contribution < 1.29 is 22.4 Å². The Balaban J connectivity index is 1.41. The molecule has 2 heterocycles. The summed E-state index contributed by atoms with van der Waals surface area (Å²) in [7, 11) is -2.33. The number of carbonyl (C=O) groups is 1. The van der Waals surface area contributed by atoms with Gasteiger partial charge in [0.25, 0.3) is 0 Å². The maximum absolute atomic E-state index is 13.1. The van der Waals surface area contributed by atoms with Crippen LogP contribution in [0.5, 0.6) is 5.75 Å². The van der Waals surface area contributed by atoms with Crippen LogP contribution in [0.15, 0.2) is 68.8 Å². The van der Waals surface area contributed by atoms with Gasteiger partial charge in [0.2, 0.25) is 21.8 Å². The van der Waals surface area contributed by atoms with Crippen LogP contribution in [-0.2, 0) is 20.6 Å². The Bertz CT molecular complexity index is 1170. The van der Waals surface area contributed by atoms with Gasteiger partial charge in [-0.05, 0) is 49.2 Å². The molecule has 1 aliphatic rings. The number of nitrogens with one attached hydrogen (secondary N) is 1. The zero-order valence-corrected chi connectivity index (χ0v) is 18.9. The summed E-state index contributed by atoms with van der Waals surface area (Å²) in [6.07, 6.45) is 0.988. The molecule has 11 heteroatoms. The Labute approximate surface area is 190 Å². The first kappa shape index (κ1) is 22.3. The lowest BCUT2D eigenvalue weighted by Gasteiger charge is -2.22. The molecule has 9 nitrogen and oxygen atoms in total. The van der Waals surface area contributed by atoms with E-state index >= 15 is 0 Å². The lowest BCUT2D eigenvalue weighted by molar-refractivity contribution is -0.119. The molecule has 4 rings (SSSR count). The van der Waals surface area contributed by atoms with Gasteiger partial charge in [-0.2, -0.15) is 4.31 Å². The van der Waals surface area contributed by atoms with Gasteiger partial charge in [0.1, 0.15) is 11.8 Å². The average Bonchev–Trinajstić information content (AvgIpc) is 3.48. The molecule has 1 atom stereocenters. The number of anilines is 1. The van der Waals surface area contributed by atoms with Crippen molar-refractivity contribution >= 4 is 33.7 Å². The number of thioether (sulfide) groups is 1. The van der Waals surface area contributed by atoms with Crippen molar-refractivity contribution in [3.8, 4) is 5.75 Å². The van der Waals surface area contributed by atoms with E-state index in [1.165, 1.54) is 35.3 Å². The Morgan fingerprint density at radius 3 is 2.66 bits per heavy atom. The van der Waals surface area contributed by atoms with Gasteiger partial charge >= 0.3 is 6.01 Å². The summed E-state index contributed by atoms with van der Waals surface area (Å²) in [5.41, 5.74) is 0. The second kappa shape index (κ2) is 9.72. The van der Waals surface area contributed by atoms with Crippen LogP contribution in [0.2, 0.25) is 0 Å². The predicted molar refractivity (Wildman–Crippen MR) is 119 cm³/mol. The third-order valence-corrected chi connectivity index (χ3v) is 7.89. The maximum Gasteiger partial charge on any atom is 0.322 e. The molecule has 32 heavy (non-hydrogen) atoms. The fourth-order valence-electron chi connectivity index (χ4n) is 3.39. The van der Waals surface area contributed by atoms with E-state index < -0.39 is 22.0 Å². The van der Waals surface area contributed by atoms with Crippen LogP contribution in [-0.4, -0.2) is 48.5 Å². The highest BCUT2D eigenvalue weighted by Gasteiger charge is 2.39. The minimum absolute atomic E-state index is 0.0487. The normalized spacial score (nSPS) is 16.7. The molecule has 168 valence electrons. The first-order valence-corrected chi connectivity index (χ1v) is 12.4. The van der Waals surface area contributed by atoms with Crippen LogP contribution >= 0.6 is 11.8 Å². The van der Waals surface area contributed by atoms with E-state index in [9.17, 15) is 13.2 Å². The number of nitrogens with zero attached hydrogens (tertiary/aromatic N) is 3. The molecule has 1 amide bonds. The van der Waals surface area contributed by atoms with Gasteiger partial charge in [-0.25, -0.2) is 8.42 Å². The first-order chi connectivity index (χ1) is 15.5. The van der Waals surface area contributed by atoms with E-state index in [1.54, 1.807) is 12.1 Å². The molecule has 0 aliphatic carbocycles. The SMILES string of the molecule is COc1ccc(S(=O)(=O)N2CCCC2C(=O)Nc2nnc(CSc3ccccc3)o2)cc1. The molecule has 1 aromatic heterocycles. The van der Waals surface area contributed by atoms with Gasteiger partial charge in [-0.1, -0.05) is 23.3 Å². The number of carbonyl (C=O) groups excluding carboxylic acids is 1. The Hall–Kier alpha value is -2.89. The molecule has 1 saturated heterocycles. The largest absolute Gasteiger partial charge is 0.497 e. The van der Waals surface area contributed by atoms with Crippen molar-refractivity contribution in [2.75, 3.05) is 19.0 Å². The van der Waals surface area contributed by atoms with Crippen molar-refractivity contribution in [2.24, 2.45) is 0 Å². The fraction of sp³-hybridized carbons (Fsp3) is 0.286. The maximum atomic E-state index is 13.1. The third-order valence-electron chi connectivity index (χ3n) is 4.97. The first-order valence-electron chi connectivity index (χ1n) is 9.94. The number of sulfonamides is 1. The average molecular weight is 475 g/mol. The summed E-state index contributed by atoms with van der Waals surface area (Å²) in [6.45, 7) is 0.259. The molecule has 1 unspecified atom stereocenters. The van der Waals surface area contributed by atoms with Gasteiger partial charge in [-0.3, -0.25) is 10.1 Å². The van der Waals surface area contributed by atoms with Crippen molar-refractivity contribution in [2.45, 2.75) is 34.4 Å². The summed E-state index contributed by atoms with van der Waals surface area (Å²) in [6, 6.07) is 15.0. The number of benzene rings is 2. The van der Waals surface area contributed by atoms with Crippen LogP contribution in [0.4, 0.5) is 6.01 Å². The topological polar surface area (TPSA) is 115 Å². The number of amides is 1. The second-order valence-corrected chi connectivity index (χ2v) is 9.98. The second-order valence-electron chi connectivity index (χ2n) is 7.04. The molecule has 2 aromatic carbocycles. The van der Waals surface area contributed by atoms with Crippen LogP contribution in [0.1, 0.15) is 18.7 Å². The summed E-state index contributed by atoms with van der Waals surface area (Å²) in [5, 5.41) is 10.4. The van der Waals surface area contributed by atoms with Crippen molar-refractivity contribution in [1.82, 2.24) is 14.5 Å². The molecule has 0 bridgehead atoms. The Morgan fingerprint density at radius 2 is 1.94 bits per heavy atom. The summed E-state index contributed by atoms with van der Waals surface area (Å²) < 4.78 is 38.0. The zero-order chi connectivity index (χ0) is 22.6. The smallest absolute Gasteiger partial charge is 0.322 e. The molecular formula is C21H22N4O5S2. The van der Waals surface area contributed by atoms with E-state index in [0.717, 1.165) is 4.90 Å². The molecule has 0 saturated carbocycles. The van der Waals surface area contributed by atoms with E-state index in [4.69, 9.17) is 9.15 Å². The monoisotopic (exact) mass is 474 g/mol. The van der Waals surface area contributed by atoms with Gasteiger partial charge in [0.05, 0.1) is 17.8 Å². The number of methoxy groups -OCH3 is 1. The molecule has 1 N–H and O–H groups in total. The van der Waals surface area contributed by atoms with E-state index in [2.05, 4.69) is 15.5 Å². The molecule has 3 aromatic rings. The molecule has 0 radical (unpaired) electrons. The minimum atomic E-state index is -3.84. The third kappa shape index (κ3) is 4.95. The summed E-state index contributed by atoms with van der Waals surface area (Å²) >= 11 is 1.53. The van der Waals surface area contributed by atoms with Crippen LogP contribution in [0.3, 0.4) is 0 Å². The van der Waals surface area contributed by atoms with Crippen molar-refractivity contribution in [3.05, 3.63) is 60.5 Å². The molecule has 1 aliphatic heterocycles. The quantitative estimate of drug-likeness (QED) is 0.495. The van der Waals surface area contributed by atoms with Crippen LogP contribution < -0.4 is 10.1 Å². The van der Waals surface area contributed by atoms with Crippen LogP contribution in [0, 0.1) is 0 Å². The number of rotatable bonds is 8. The predicted octanol–water partition coefficient (Wildman–Crippen LogP) is 3.16. The number of hydrogen-bond acceptors (Lipinski definition) is 8. The number of ether oxygens (including phenoxy) is 1. The minimum Gasteiger partial charge on any atom is -0.497 e. The molecule has 0 spiro atoms. The Morgan fingerprint density at radius 1 is 1.19 bits per heavy atom. The number of hydrogen-bond donors (Lipinski definition) is 1. The van der Waals surface area contributed by atoms with Crippen LogP contribution in [0.25, 0.3) is 0 Å². The molecule has 1 fully saturated rings. The summed E-state index contributed by atoms with van der Waals surface area (Å²) in [4.78, 5) is 14.0. The Kier molecular flexibility index (Phi) is 6.77. The van der Waals surface area contributed by atoms with Gasteiger partial charge in [0.15, 0.2) is 0 Å². The standard InChI is InChI=1S/C21H22N4O5S2/c1-29-15-9-11-17(12-10-15)32(27,28)25-13-5-8-18(25)20(26)22-21-24-23-19(30-21)14-31-16-6-3-2-4-7-16/h2-4,6-7,9-12,18H,5,8,13-14H2,1H3,(H,22,24,26). The van der Waals surface area contributed by atoms with Crippen molar-refractivity contribution in [1.29, 1.82) is 0 Å². The highest BCUT2D eigenvalue weighted by molar-refractivity contribution is 7.98. The highest BCUT2D eigenvalue weighted by atomic mass is 32.2. The van der Waals surface area contributed by atoms with Crippen molar-refractivity contribution in [3.63, 3.8) is 0 Å². The van der Waals surface area contributed by atoms with E-state index in [0.29, 0.717) is 30.2 Å². The number of aromatic nitrogens is 2. The van der Waals surface area contributed by atoms with Gasteiger partial charge < -0.3 is 9.15 Å². The lowest BCUT2D eigenvalue weighted by atomic mass is 10.2. The zero-order valence-electron chi connectivity index (χ0n) is 17.3. The van der Waals surface area contributed by atoms with E-state index in [1.807, 2.05) is 30.3 Å². The van der Waals surface area contributed by atoms with E-state index in [-0.39, 0.29) is 17.5 Å². The lowest BCUT2D eigenvalue weighted by Crippen LogP contribution is -2.43. The summed E-state index contributed by atoms with van der Waals surface area (Å²) in [5.74, 6) is 0.875.